The molecule has 4 heteroatoms. The zero-order valence-electron chi connectivity index (χ0n) is 17.9. The first-order valence-corrected chi connectivity index (χ1v) is 10.4. The van der Waals surface area contributed by atoms with Crippen LogP contribution in [-0.4, -0.2) is 15.6 Å². The molecule has 0 aliphatic heterocycles. The van der Waals surface area contributed by atoms with E-state index in [1.165, 1.54) is 11.1 Å². The van der Waals surface area contributed by atoms with Crippen molar-refractivity contribution >= 4 is 28.4 Å². The molecular formula is C26H27N3O. The fourth-order valence-corrected chi connectivity index (χ4v) is 3.61. The topological polar surface area (TPSA) is 38.1 Å². The Morgan fingerprint density at radius 2 is 1.27 bits per heavy atom. The third-order valence-electron chi connectivity index (χ3n) is 5.49. The van der Waals surface area contributed by atoms with Gasteiger partial charge in [0.15, 0.2) is 0 Å². The van der Waals surface area contributed by atoms with Gasteiger partial charge in [-0.3, -0.25) is 4.90 Å². The van der Waals surface area contributed by atoms with Crippen LogP contribution in [0.1, 0.15) is 50.7 Å². The Labute approximate surface area is 177 Å². The number of imidazole rings is 1. The highest BCUT2D eigenvalue weighted by Crippen LogP contribution is 2.30. The number of aromatic nitrogens is 2. The highest BCUT2D eigenvalue weighted by molar-refractivity contribution is 6.04. The Morgan fingerprint density at radius 3 is 1.77 bits per heavy atom. The number of benzene rings is 3. The maximum absolute atomic E-state index is 13.7. The number of carbonyl (C=O) groups excluding carboxylic acids is 1. The number of fused-ring (bicyclic) bond motifs is 1. The monoisotopic (exact) mass is 397 g/mol. The summed E-state index contributed by atoms with van der Waals surface area (Å²) in [5, 5.41) is 0. The van der Waals surface area contributed by atoms with Crippen molar-refractivity contribution in [2.45, 2.75) is 39.5 Å². The van der Waals surface area contributed by atoms with E-state index < -0.39 is 0 Å². The van der Waals surface area contributed by atoms with Gasteiger partial charge in [-0.1, -0.05) is 64.1 Å². The van der Waals surface area contributed by atoms with Crippen molar-refractivity contribution < 1.29 is 4.79 Å². The molecule has 0 fully saturated rings. The summed E-state index contributed by atoms with van der Waals surface area (Å²) >= 11 is 0. The molecule has 0 spiro atoms. The highest BCUT2D eigenvalue weighted by atomic mass is 16.2. The van der Waals surface area contributed by atoms with Gasteiger partial charge in [0, 0.05) is 0 Å². The summed E-state index contributed by atoms with van der Waals surface area (Å²) in [7, 11) is 0. The molecule has 0 aliphatic rings. The van der Waals surface area contributed by atoms with Gasteiger partial charge in [-0.05, 0) is 59.4 Å². The second-order valence-electron chi connectivity index (χ2n) is 8.21. The number of hydrogen-bond donors (Lipinski definition) is 0. The number of carbonyl (C=O) groups is 1. The molecule has 152 valence electrons. The molecular weight excluding hydrogens is 370 g/mol. The lowest BCUT2D eigenvalue weighted by Gasteiger charge is -2.24. The maximum Gasteiger partial charge on any atom is 0.339 e. The van der Waals surface area contributed by atoms with E-state index in [1.807, 2.05) is 48.5 Å². The van der Waals surface area contributed by atoms with Crippen molar-refractivity contribution in [1.82, 2.24) is 9.55 Å². The third-order valence-corrected chi connectivity index (χ3v) is 5.49. The van der Waals surface area contributed by atoms with Crippen molar-refractivity contribution in [3.8, 4) is 0 Å². The van der Waals surface area contributed by atoms with Gasteiger partial charge in [-0.15, -0.1) is 0 Å². The van der Waals surface area contributed by atoms with E-state index in [9.17, 15) is 4.79 Å². The van der Waals surface area contributed by atoms with Crippen molar-refractivity contribution in [3.63, 3.8) is 0 Å². The van der Waals surface area contributed by atoms with Gasteiger partial charge in [0.1, 0.15) is 6.33 Å². The van der Waals surface area contributed by atoms with Gasteiger partial charge in [0.05, 0.1) is 22.4 Å². The number of amides is 1. The van der Waals surface area contributed by atoms with Crippen LogP contribution < -0.4 is 4.90 Å². The molecule has 3 aromatic carbocycles. The van der Waals surface area contributed by atoms with Crippen LogP contribution in [0.3, 0.4) is 0 Å². The average molecular weight is 398 g/mol. The zero-order valence-corrected chi connectivity index (χ0v) is 17.9. The largest absolute Gasteiger partial charge is 0.339 e. The fraction of sp³-hybridized carbons (Fsp3) is 0.231. The highest BCUT2D eigenvalue weighted by Gasteiger charge is 2.22. The Kier molecular flexibility index (Phi) is 5.40. The Balaban J connectivity index is 1.81. The summed E-state index contributed by atoms with van der Waals surface area (Å²) in [4.78, 5) is 19.9. The number of para-hydroxylation sites is 2. The average Bonchev–Trinajstić information content (AvgIpc) is 3.19. The van der Waals surface area contributed by atoms with E-state index in [2.05, 4.69) is 56.9 Å². The van der Waals surface area contributed by atoms with Gasteiger partial charge in [-0.25, -0.2) is 14.3 Å². The van der Waals surface area contributed by atoms with Gasteiger partial charge in [0.25, 0.3) is 0 Å². The number of rotatable bonds is 4. The molecule has 1 heterocycles. The molecule has 4 nitrogen and oxygen atoms in total. The molecule has 0 saturated carbocycles. The molecule has 0 radical (unpaired) electrons. The molecule has 0 N–H and O–H groups in total. The van der Waals surface area contributed by atoms with Gasteiger partial charge < -0.3 is 0 Å². The lowest BCUT2D eigenvalue weighted by Crippen LogP contribution is -2.30. The van der Waals surface area contributed by atoms with Crippen LogP contribution in [0.2, 0.25) is 0 Å². The molecule has 4 aromatic rings. The van der Waals surface area contributed by atoms with Crippen LogP contribution in [0.25, 0.3) is 11.0 Å². The number of anilines is 2. The Hall–Kier alpha value is -3.40. The lowest BCUT2D eigenvalue weighted by molar-refractivity contribution is 0.250. The number of nitrogens with zero attached hydrogens (tertiary/aromatic N) is 3. The first kappa shape index (κ1) is 19.9. The minimum absolute atomic E-state index is 0.154. The van der Waals surface area contributed by atoms with Crippen molar-refractivity contribution in [2.24, 2.45) is 0 Å². The van der Waals surface area contributed by atoms with Gasteiger partial charge in [0.2, 0.25) is 0 Å². The van der Waals surface area contributed by atoms with Gasteiger partial charge in [-0.2, -0.15) is 0 Å². The first-order valence-electron chi connectivity index (χ1n) is 10.4. The minimum atomic E-state index is -0.154. The normalized spacial score (nSPS) is 11.4. The minimum Gasteiger partial charge on any atom is -0.262 e. The molecule has 0 saturated heterocycles. The second kappa shape index (κ2) is 8.15. The summed E-state index contributed by atoms with van der Waals surface area (Å²) in [5.74, 6) is 0.872. The smallest absolute Gasteiger partial charge is 0.262 e. The molecule has 0 bridgehead atoms. The van der Waals surface area contributed by atoms with Crippen LogP contribution in [0.4, 0.5) is 16.2 Å². The van der Waals surface area contributed by atoms with E-state index in [0.717, 1.165) is 22.4 Å². The van der Waals surface area contributed by atoms with E-state index in [-0.39, 0.29) is 6.03 Å². The first-order chi connectivity index (χ1) is 14.5. The van der Waals surface area contributed by atoms with E-state index in [1.54, 1.807) is 15.8 Å². The molecule has 0 unspecified atom stereocenters. The van der Waals surface area contributed by atoms with Crippen LogP contribution in [-0.2, 0) is 0 Å². The lowest BCUT2D eigenvalue weighted by atomic mass is 10.0. The molecule has 1 amide bonds. The van der Waals surface area contributed by atoms with Crippen LogP contribution in [0.5, 0.6) is 0 Å². The summed E-state index contributed by atoms with van der Waals surface area (Å²) in [6.45, 7) is 8.67. The van der Waals surface area contributed by atoms with Crippen molar-refractivity contribution in [1.29, 1.82) is 0 Å². The summed E-state index contributed by atoms with van der Waals surface area (Å²) in [6.07, 6.45) is 1.60. The maximum atomic E-state index is 13.7. The quantitative estimate of drug-likeness (QED) is 0.369. The van der Waals surface area contributed by atoms with E-state index in [0.29, 0.717) is 11.8 Å². The van der Waals surface area contributed by atoms with Crippen LogP contribution >= 0.6 is 0 Å². The van der Waals surface area contributed by atoms with Crippen LogP contribution in [0, 0.1) is 0 Å². The van der Waals surface area contributed by atoms with Crippen molar-refractivity contribution in [2.75, 3.05) is 4.90 Å². The Morgan fingerprint density at radius 1 is 0.767 bits per heavy atom. The molecule has 4 rings (SSSR count). The standard InChI is InChI=1S/C26H27N3O/c1-18(2)20-9-13-22(14-10-20)29(23-15-11-21(12-16-23)19(3)4)26(30)28-17-27-24-7-5-6-8-25(24)28/h5-19H,1-4H3. The predicted octanol–water partition coefficient (Wildman–Crippen LogP) is 7.09. The van der Waals surface area contributed by atoms with Gasteiger partial charge >= 0.3 is 6.03 Å². The summed E-state index contributed by atoms with van der Waals surface area (Å²) in [6, 6.07) is 24.0. The molecule has 0 aliphatic carbocycles. The van der Waals surface area contributed by atoms with Crippen LogP contribution in [0.15, 0.2) is 79.1 Å². The third kappa shape index (κ3) is 3.73. The molecule has 0 atom stereocenters. The fourth-order valence-electron chi connectivity index (χ4n) is 3.61. The molecule has 30 heavy (non-hydrogen) atoms. The SMILES string of the molecule is CC(C)c1ccc(N(C(=O)n2cnc3ccccc32)c2ccc(C(C)C)cc2)cc1. The van der Waals surface area contributed by atoms with Crippen molar-refractivity contribution in [3.05, 3.63) is 90.3 Å². The van der Waals surface area contributed by atoms with E-state index in [4.69, 9.17) is 0 Å². The Bertz CT molecular complexity index is 1100. The summed E-state index contributed by atoms with van der Waals surface area (Å²) < 4.78 is 1.61. The van der Waals surface area contributed by atoms with E-state index >= 15 is 0 Å². The predicted molar refractivity (Wildman–Crippen MR) is 124 cm³/mol. The summed E-state index contributed by atoms with van der Waals surface area (Å²) in [5.41, 5.74) is 5.75. The second-order valence-corrected chi connectivity index (χ2v) is 8.21. The zero-order chi connectivity index (χ0) is 21.3. The number of hydrogen-bond acceptors (Lipinski definition) is 2. The molecule has 1 aromatic heterocycles.